The Morgan fingerprint density at radius 1 is 1.32 bits per heavy atom. The summed E-state index contributed by atoms with van der Waals surface area (Å²) < 4.78 is 2.89. The second-order valence-corrected chi connectivity index (χ2v) is 5.50. The molecule has 1 aliphatic heterocycles. The molecular weight excluding hydrogens is 312 g/mol. The largest absolute Gasteiger partial charge is 0.465 e. The number of nitrogens with zero attached hydrogens (tertiary/aromatic N) is 4. The summed E-state index contributed by atoms with van der Waals surface area (Å²) in [5.74, 6) is 0. The van der Waals surface area contributed by atoms with E-state index in [9.17, 15) is 4.79 Å². The molecule has 1 N–H and O–H groups in total. The minimum Gasteiger partial charge on any atom is -0.465 e. The average molecular weight is 325 g/mol. The molecule has 7 heteroatoms. The minimum absolute atomic E-state index is 0.240. The van der Waals surface area contributed by atoms with Crippen LogP contribution < -0.4 is 0 Å². The molecule has 100 valence electrons. The minimum atomic E-state index is -0.840. The van der Waals surface area contributed by atoms with Crippen LogP contribution in [-0.4, -0.2) is 44.0 Å². The van der Waals surface area contributed by atoms with Crippen molar-refractivity contribution in [2.45, 2.75) is 18.9 Å². The van der Waals surface area contributed by atoms with E-state index in [1.807, 2.05) is 10.9 Å². The number of pyridine rings is 1. The highest BCUT2D eigenvalue weighted by Crippen LogP contribution is 2.28. The van der Waals surface area contributed by atoms with Crippen LogP contribution in [0.25, 0.3) is 10.9 Å². The summed E-state index contributed by atoms with van der Waals surface area (Å²) in [6.45, 7) is 1.12. The van der Waals surface area contributed by atoms with Crippen LogP contribution in [-0.2, 0) is 0 Å². The number of piperidine rings is 1. The van der Waals surface area contributed by atoms with Gasteiger partial charge in [0.15, 0.2) is 0 Å². The van der Waals surface area contributed by atoms with Crippen LogP contribution in [0.4, 0.5) is 4.79 Å². The van der Waals surface area contributed by atoms with Crippen LogP contribution >= 0.6 is 15.9 Å². The molecule has 0 bridgehead atoms. The number of hydrogen-bond donors (Lipinski definition) is 1. The van der Waals surface area contributed by atoms with Crippen molar-refractivity contribution in [2.75, 3.05) is 13.1 Å². The van der Waals surface area contributed by atoms with Crippen LogP contribution in [0.3, 0.4) is 0 Å². The summed E-state index contributed by atoms with van der Waals surface area (Å²) in [6, 6.07) is 0.240. The van der Waals surface area contributed by atoms with Gasteiger partial charge in [0.25, 0.3) is 0 Å². The molecule has 0 aromatic carbocycles. The van der Waals surface area contributed by atoms with Crippen molar-refractivity contribution in [2.24, 2.45) is 0 Å². The maximum atomic E-state index is 10.9. The maximum Gasteiger partial charge on any atom is 0.407 e. The van der Waals surface area contributed by atoms with Gasteiger partial charge in [-0.1, -0.05) is 0 Å². The van der Waals surface area contributed by atoms with Gasteiger partial charge in [-0.05, 0) is 28.8 Å². The van der Waals surface area contributed by atoms with Crippen LogP contribution in [0.2, 0.25) is 0 Å². The predicted octanol–water partition coefficient (Wildman–Crippen LogP) is 2.51. The van der Waals surface area contributed by atoms with Gasteiger partial charge in [-0.25, -0.2) is 4.79 Å². The molecule has 3 heterocycles. The van der Waals surface area contributed by atoms with E-state index in [1.165, 1.54) is 4.90 Å². The number of fused-ring (bicyclic) bond motifs is 1. The van der Waals surface area contributed by atoms with Crippen LogP contribution in [0, 0.1) is 0 Å². The summed E-state index contributed by atoms with van der Waals surface area (Å²) in [4.78, 5) is 16.5. The zero-order valence-electron chi connectivity index (χ0n) is 10.2. The summed E-state index contributed by atoms with van der Waals surface area (Å²) >= 11 is 3.46. The van der Waals surface area contributed by atoms with Crippen molar-refractivity contribution in [1.82, 2.24) is 19.7 Å². The molecule has 1 aliphatic rings. The van der Waals surface area contributed by atoms with Crippen molar-refractivity contribution >= 4 is 32.9 Å². The molecule has 2 aromatic rings. The molecule has 0 unspecified atom stereocenters. The van der Waals surface area contributed by atoms with E-state index in [0.717, 1.165) is 28.2 Å². The van der Waals surface area contributed by atoms with Crippen LogP contribution in [0.1, 0.15) is 18.9 Å². The van der Waals surface area contributed by atoms with Gasteiger partial charge in [-0.2, -0.15) is 5.10 Å². The highest BCUT2D eigenvalue weighted by atomic mass is 79.9. The second kappa shape index (κ2) is 4.80. The molecule has 0 saturated carbocycles. The van der Waals surface area contributed by atoms with Gasteiger partial charge in [0.2, 0.25) is 0 Å². The van der Waals surface area contributed by atoms with Gasteiger partial charge < -0.3 is 10.0 Å². The molecule has 19 heavy (non-hydrogen) atoms. The SMILES string of the molecule is O=C(O)N1CCC(n2ncc3c(Br)cncc32)CC1. The van der Waals surface area contributed by atoms with Gasteiger partial charge in [-0.3, -0.25) is 9.67 Å². The first-order chi connectivity index (χ1) is 9.16. The lowest BCUT2D eigenvalue weighted by Gasteiger charge is -2.30. The zero-order chi connectivity index (χ0) is 13.4. The third kappa shape index (κ3) is 2.18. The van der Waals surface area contributed by atoms with Crippen molar-refractivity contribution in [3.63, 3.8) is 0 Å². The fraction of sp³-hybridized carbons (Fsp3) is 0.417. The lowest BCUT2D eigenvalue weighted by atomic mass is 10.1. The Bertz CT molecular complexity index is 619. The van der Waals surface area contributed by atoms with E-state index >= 15 is 0 Å². The van der Waals surface area contributed by atoms with Crippen LogP contribution in [0.15, 0.2) is 23.1 Å². The fourth-order valence-electron chi connectivity index (χ4n) is 2.52. The van der Waals surface area contributed by atoms with E-state index in [-0.39, 0.29) is 6.04 Å². The Morgan fingerprint density at radius 3 is 2.74 bits per heavy atom. The first kappa shape index (κ1) is 12.4. The number of rotatable bonds is 1. The van der Waals surface area contributed by atoms with E-state index in [4.69, 9.17) is 5.11 Å². The summed E-state index contributed by atoms with van der Waals surface area (Å²) in [7, 11) is 0. The Balaban J connectivity index is 1.86. The van der Waals surface area contributed by atoms with Gasteiger partial charge in [0.1, 0.15) is 0 Å². The van der Waals surface area contributed by atoms with Crippen molar-refractivity contribution in [3.8, 4) is 0 Å². The molecule has 0 atom stereocenters. The number of hydrogen-bond acceptors (Lipinski definition) is 3. The second-order valence-electron chi connectivity index (χ2n) is 4.64. The topological polar surface area (TPSA) is 71.2 Å². The highest BCUT2D eigenvalue weighted by molar-refractivity contribution is 9.10. The summed E-state index contributed by atoms with van der Waals surface area (Å²) in [5, 5.41) is 14.4. The molecule has 0 aliphatic carbocycles. The molecule has 6 nitrogen and oxygen atoms in total. The van der Waals surface area contributed by atoms with Crippen molar-refractivity contribution < 1.29 is 9.90 Å². The molecule has 2 aromatic heterocycles. The Kier molecular flexibility index (Phi) is 3.14. The molecule has 1 fully saturated rings. The van der Waals surface area contributed by atoms with Crippen LogP contribution in [0.5, 0.6) is 0 Å². The van der Waals surface area contributed by atoms with E-state index < -0.39 is 6.09 Å². The standard InChI is InChI=1S/C12H13BrN4O2/c13-10-6-14-7-11-9(10)5-15-17(11)8-1-3-16(4-2-8)12(18)19/h5-8H,1-4H2,(H,18,19). The lowest BCUT2D eigenvalue weighted by molar-refractivity contribution is 0.124. The third-order valence-electron chi connectivity index (χ3n) is 3.56. The average Bonchev–Trinajstić information content (AvgIpc) is 2.84. The van der Waals surface area contributed by atoms with Gasteiger partial charge in [-0.15, -0.1) is 0 Å². The number of aromatic nitrogens is 3. The smallest absolute Gasteiger partial charge is 0.407 e. The Hall–Kier alpha value is -1.63. The summed E-state index contributed by atoms with van der Waals surface area (Å²) in [5.41, 5.74) is 0.989. The number of likely N-dealkylation sites (tertiary alicyclic amines) is 1. The monoisotopic (exact) mass is 324 g/mol. The quantitative estimate of drug-likeness (QED) is 0.874. The Labute approximate surface area is 118 Å². The molecule has 0 spiro atoms. The molecule has 1 saturated heterocycles. The first-order valence-electron chi connectivity index (χ1n) is 6.11. The van der Waals surface area contributed by atoms with Gasteiger partial charge in [0.05, 0.1) is 24.0 Å². The fourth-order valence-corrected chi connectivity index (χ4v) is 2.94. The van der Waals surface area contributed by atoms with E-state index in [0.29, 0.717) is 13.1 Å². The van der Waals surface area contributed by atoms with Crippen molar-refractivity contribution in [1.29, 1.82) is 0 Å². The number of amides is 1. The van der Waals surface area contributed by atoms with E-state index in [2.05, 4.69) is 26.0 Å². The number of carbonyl (C=O) groups is 1. The van der Waals surface area contributed by atoms with Gasteiger partial charge in [0, 0.05) is 29.1 Å². The predicted molar refractivity (Wildman–Crippen MR) is 73.1 cm³/mol. The zero-order valence-corrected chi connectivity index (χ0v) is 11.7. The molecule has 0 radical (unpaired) electrons. The van der Waals surface area contributed by atoms with Crippen molar-refractivity contribution in [3.05, 3.63) is 23.1 Å². The Morgan fingerprint density at radius 2 is 2.05 bits per heavy atom. The molecule has 1 amide bonds. The lowest BCUT2D eigenvalue weighted by Crippen LogP contribution is -2.38. The third-order valence-corrected chi connectivity index (χ3v) is 4.19. The summed E-state index contributed by atoms with van der Waals surface area (Å²) in [6.07, 6.45) is 6.11. The molecule has 3 rings (SSSR count). The van der Waals surface area contributed by atoms with E-state index in [1.54, 1.807) is 12.4 Å². The number of halogens is 1. The molecular formula is C12H13BrN4O2. The first-order valence-corrected chi connectivity index (χ1v) is 6.90. The maximum absolute atomic E-state index is 10.9. The normalized spacial score (nSPS) is 17.0. The van der Waals surface area contributed by atoms with Gasteiger partial charge >= 0.3 is 6.09 Å². The highest BCUT2D eigenvalue weighted by Gasteiger charge is 2.25. The number of carboxylic acid groups (broad SMARTS) is 1.